The van der Waals surface area contributed by atoms with E-state index in [4.69, 9.17) is 19.3 Å². The predicted molar refractivity (Wildman–Crippen MR) is 111 cm³/mol. The molecule has 30 heavy (non-hydrogen) atoms. The minimum Gasteiger partial charge on any atom is -0.491 e. The number of nitrogens with one attached hydrogen (secondary N) is 1. The normalized spacial score (nSPS) is 12.7. The topological polar surface area (TPSA) is 114 Å². The molecule has 0 aliphatic heterocycles. The first-order valence-corrected chi connectivity index (χ1v) is 9.55. The van der Waals surface area contributed by atoms with Gasteiger partial charge in [0.2, 0.25) is 0 Å². The Morgan fingerprint density at radius 2 is 1.73 bits per heavy atom. The van der Waals surface area contributed by atoms with E-state index in [-0.39, 0.29) is 32.0 Å². The first-order valence-electron chi connectivity index (χ1n) is 9.55. The summed E-state index contributed by atoms with van der Waals surface area (Å²) in [5.41, 5.74) is 1.54. The number of hydrogen-bond donors (Lipinski definition) is 3. The maximum absolute atomic E-state index is 12.6. The Kier molecular flexibility index (Phi) is 9.27. The maximum Gasteiger partial charge on any atom is 0.412 e. The first kappa shape index (κ1) is 23.3. The van der Waals surface area contributed by atoms with Crippen LogP contribution in [0.3, 0.4) is 0 Å². The van der Waals surface area contributed by atoms with Crippen molar-refractivity contribution in [3.05, 3.63) is 59.7 Å². The largest absolute Gasteiger partial charge is 0.491 e. The lowest BCUT2D eigenvalue weighted by Gasteiger charge is -2.27. The molecule has 2 rings (SSSR count). The van der Waals surface area contributed by atoms with E-state index in [9.17, 15) is 14.7 Å². The van der Waals surface area contributed by atoms with Crippen molar-refractivity contribution in [1.29, 1.82) is 0 Å². The third-order valence-electron chi connectivity index (χ3n) is 4.40. The number of ether oxygens (including phenoxy) is 3. The quantitative estimate of drug-likeness (QED) is 0.482. The molecule has 8 nitrogen and oxygen atoms in total. The van der Waals surface area contributed by atoms with E-state index in [1.807, 2.05) is 0 Å². The van der Waals surface area contributed by atoms with Gasteiger partial charge in [0.15, 0.2) is 11.9 Å². The van der Waals surface area contributed by atoms with Crippen molar-refractivity contribution in [2.45, 2.75) is 25.6 Å². The Labute approximate surface area is 175 Å². The van der Waals surface area contributed by atoms with Crippen LogP contribution in [0.5, 0.6) is 5.75 Å². The van der Waals surface area contributed by atoms with Crippen LogP contribution in [0.4, 0.5) is 10.5 Å². The molecule has 0 spiro atoms. The molecule has 0 bridgehead atoms. The Morgan fingerprint density at radius 1 is 1.03 bits per heavy atom. The van der Waals surface area contributed by atoms with Crippen molar-refractivity contribution in [1.82, 2.24) is 0 Å². The van der Waals surface area contributed by atoms with Gasteiger partial charge >= 0.3 is 6.09 Å². The lowest BCUT2D eigenvalue weighted by molar-refractivity contribution is -0.0316. The molecule has 2 aromatic carbocycles. The van der Waals surface area contributed by atoms with Gasteiger partial charge in [-0.05, 0) is 37.3 Å². The van der Waals surface area contributed by atoms with Crippen molar-refractivity contribution >= 4 is 17.6 Å². The van der Waals surface area contributed by atoms with E-state index >= 15 is 0 Å². The number of carbonyl (C=O) groups is 2. The van der Waals surface area contributed by atoms with Gasteiger partial charge in [0.25, 0.3) is 0 Å². The number of amides is 1. The minimum absolute atomic E-state index is 0.0735. The lowest BCUT2D eigenvalue weighted by atomic mass is 10.0. The summed E-state index contributed by atoms with van der Waals surface area (Å²) in [6.45, 7) is 1.22. The van der Waals surface area contributed by atoms with E-state index in [0.717, 1.165) is 0 Å². The van der Waals surface area contributed by atoms with Gasteiger partial charge in [0.1, 0.15) is 18.5 Å². The molecule has 3 N–H and O–H groups in total. The van der Waals surface area contributed by atoms with Gasteiger partial charge in [-0.25, -0.2) is 4.79 Å². The number of carbonyl (C=O) groups excluding carboxylic acids is 2. The average molecular weight is 417 g/mol. The maximum atomic E-state index is 12.6. The number of para-hydroxylation sites is 1. The Balaban J connectivity index is 2.23. The number of aliphatic hydroxyl groups is 2. The monoisotopic (exact) mass is 417 g/mol. The predicted octanol–water partition coefficient (Wildman–Crippen LogP) is 2.95. The summed E-state index contributed by atoms with van der Waals surface area (Å²) in [5.74, 6) is 0.366. The highest BCUT2D eigenvalue weighted by molar-refractivity contribution is 5.95. The number of benzene rings is 2. The number of Topliss-reactive ketones (excluding diaryl/α,β-unsaturated/α-hetero) is 1. The van der Waals surface area contributed by atoms with Crippen LogP contribution in [0, 0.1) is 0 Å². The fourth-order valence-electron chi connectivity index (χ4n) is 2.91. The van der Waals surface area contributed by atoms with E-state index in [0.29, 0.717) is 22.6 Å². The molecule has 2 aromatic rings. The van der Waals surface area contributed by atoms with Crippen molar-refractivity contribution in [3.8, 4) is 5.75 Å². The molecule has 8 heteroatoms. The molecule has 0 saturated carbocycles. The van der Waals surface area contributed by atoms with Crippen LogP contribution in [0.2, 0.25) is 0 Å². The van der Waals surface area contributed by atoms with Crippen LogP contribution in [-0.2, 0) is 9.47 Å². The molecule has 0 fully saturated rings. The zero-order valence-electron chi connectivity index (χ0n) is 17.0. The van der Waals surface area contributed by atoms with Crippen LogP contribution < -0.4 is 10.1 Å². The summed E-state index contributed by atoms with van der Waals surface area (Å²) in [7, 11) is 1.46. The highest BCUT2D eigenvalue weighted by Crippen LogP contribution is 2.33. The summed E-state index contributed by atoms with van der Waals surface area (Å²) < 4.78 is 16.7. The molecule has 2 atom stereocenters. The fourth-order valence-corrected chi connectivity index (χ4v) is 2.91. The molecule has 0 saturated heterocycles. The zero-order valence-corrected chi connectivity index (χ0v) is 17.0. The number of ketones is 1. The van der Waals surface area contributed by atoms with Crippen molar-refractivity contribution in [2.75, 3.05) is 32.2 Å². The molecule has 0 unspecified atom stereocenters. The van der Waals surface area contributed by atoms with Crippen LogP contribution in [0.25, 0.3) is 0 Å². The van der Waals surface area contributed by atoms with Crippen molar-refractivity contribution in [3.63, 3.8) is 0 Å². The van der Waals surface area contributed by atoms with Crippen molar-refractivity contribution < 1.29 is 34.0 Å². The van der Waals surface area contributed by atoms with E-state index in [1.165, 1.54) is 14.0 Å². The Hall–Kier alpha value is -2.94. The van der Waals surface area contributed by atoms with Crippen LogP contribution in [-0.4, -0.2) is 55.1 Å². The highest BCUT2D eigenvalue weighted by atomic mass is 16.6. The van der Waals surface area contributed by atoms with Crippen LogP contribution in [0.1, 0.15) is 35.4 Å². The first-order chi connectivity index (χ1) is 14.5. The van der Waals surface area contributed by atoms with Gasteiger partial charge < -0.3 is 24.4 Å². The van der Waals surface area contributed by atoms with Crippen LogP contribution >= 0.6 is 0 Å². The van der Waals surface area contributed by atoms with Gasteiger partial charge in [0.05, 0.1) is 6.61 Å². The smallest absolute Gasteiger partial charge is 0.412 e. The summed E-state index contributed by atoms with van der Waals surface area (Å²) in [5, 5.41) is 21.1. The van der Waals surface area contributed by atoms with Gasteiger partial charge in [-0.2, -0.15) is 0 Å². The minimum atomic E-state index is -0.867. The summed E-state index contributed by atoms with van der Waals surface area (Å²) >= 11 is 0. The number of hydrogen-bond acceptors (Lipinski definition) is 7. The molecule has 0 aromatic heterocycles. The molecule has 1 amide bonds. The highest BCUT2D eigenvalue weighted by Gasteiger charge is 2.29. The molecular formula is C22H27NO7. The number of rotatable bonds is 11. The molecule has 0 aliphatic carbocycles. The van der Waals surface area contributed by atoms with Gasteiger partial charge in [-0.15, -0.1) is 0 Å². The summed E-state index contributed by atoms with van der Waals surface area (Å²) in [4.78, 5) is 23.9. The van der Waals surface area contributed by atoms with Gasteiger partial charge in [0, 0.05) is 37.0 Å². The van der Waals surface area contributed by atoms with E-state index < -0.39 is 18.3 Å². The number of aliphatic hydroxyl groups excluding tert-OH is 2. The van der Waals surface area contributed by atoms with Crippen LogP contribution in [0.15, 0.2) is 48.5 Å². The molecule has 162 valence electrons. The third-order valence-corrected chi connectivity index (χ3v) is 4.40. The standard InChI is InChI=1S/C22H27NO7/c1-15(26)16-7-9-17(10-8-16)23-22(27)30-21(20(28-2)11-12-24)18-5-3-4-6-19(18)29-14-13-25/h3-10,20-21,24-25H,11-14H2,1-2H3,(H,23,27)/t20-,21-/m1/s1. The molecule has 0 heterocycles. The van der Waals surface area contributed by atoms with E-state index in [2.05, 4.69) is 5.32 Å². The number of anilines is 1. The number of methoxy groups -OCH3 is 1. The second kappa shape index (κ2) is 11.9. The average Bonchev–Trinajstić information content (AvgIpc) is 2.75. The Bertz CT molecular complexity index is 822. The fraction of sp³-hybridized carbons (Fsp3) is 0.364. The van der Waals surface area contributed by atoms with Crippen molar-refractivity contribution in [2.24, 2.45) is 0 Å². The Morgan fingerprint density at radius 3 is 2.33 bits per heavy atom. The molecular weight excluding hydrogens is 390 g/mol. The van der Waals surface area contributed by atoms with Gasteiger partial charge in [-0.1, -0.05) is 18.2 Å². The summed E-state index contributed by atoms with van der Waals surface area (Å²) in [6.07, 6.45) is -1.99. The lowest BCUT2D eigenvalue weighted by Crippen LogP contribution is -2.29. The summed E-state index contributed by atoms with van der Waals surface area (Å²) in [6, 6.07) is 13.4. The van der Waals surface area contributed by atoms with E-state index in [1.54, 1.807) is 48.5 Å². The second-order valence-corrected chi connectivity index (χ2v) is 6.48. The SMILES string of the molecule is CO[C@H](CCO)[C@H](OC(=O)Nc1ccc(C(C)=O)cc1)c1ccccc1OCCO. The molecule has 0 aliphatic rings. The second-order valence-electron chi connectivity index (χ2n) is 6.48. The van der Waals surface area contributed by atoms with Gasteiger partial charge in [-0.3, -0.25) is 10.1 Å². The zero-order chi connectivity index (χ0) is 21.9. The third kappa shape index (κ3) is 6.55. The molecule has 0 radical (unpaired) electrons.